The van der Waals surface area contributed by atoms with E-state index >= 15 is 0 Å². The molecular weight excluding hydrogens is 244 g/mol. The van der Waals surface area contributed by atoms with Gasteiger partial charge in [0.15, 0.2) is 0 Å². The second-order valence-corrected chi connectivity index (χ2v) is 4.72. The summed E-state index contributed by atoms with van der Waals surface area (Å²) in [5.41, 5.74) is 0.624. The van der Waals surface area contributed by atoms with E-state index in [9.17, 15) is 8.42 Å². The number of hydrogen-bond donors (Lipinski definition) is 1. The molecule has 0 fully saturated rings. The average molecular weight is 251 g/mol. The zero-order valence-corrected chi connectivity index (χ0v) is 8.47. The summed E-state index contributed by atoms with van der Waals surface area (Å²) in [6.07, 6.45) is 1.52. The molecule has 0 spiro atoms. The van der Waals surface area contributed by atoms with Crippen LogP contribution in [0.4, 0.5) is 0 Å². The number of hydrogen-bond acceptors (Lipinski definition) is 3. The molecule has 0 radical (unpaired) electrons. The lowest BCUT2D eigenvalue weighted by atomic mass is 10.3. The maximum Gasteiger partial charge on any atom is 0.213 e. The highest BCUT2D eigenvalue weighted by atomic mass is 79.9. The van der Waals surface area contributed by atoms with Crippen LogP contribution in [0.25, 0.3) is 0 Å². The van der Waals surface area contributed by atoms with Crippen LogP contribution in [0.1, 0.15) is 5.56 Å². The Morgan fingerprint density at radius 2 is 2.25 bits per heavy atom. The first-order chi connectivity index (χ1) is 5.47. The minimum Gasteiger partial charge on any atom is -0.249 e. The second kappa shape index (κ2) is 3.51. The first kappa shape index (κ1) is 9.63. The molecule has 6 heteroatoms. The molecule has 0 bridgehead atoms. The quantitative estimate of drug-likeness (QED) is 0.783. The van der Waals surface area contributed by atoms with E-state index in [0.717, 1.165) is 0 Å². The third kappa shape index (κ3) is 3.29. The highest BCUT2D eigenvalue weighted by molar-refractivity contribution is 9.10. The highest BCUT2D eigenvalue weighted by Crippen LogP contribution is 2.09. The Kier molecular flexibility index (Phi) is 2.81. The van der Waals surface area contributed by atoms with Gasteiger partial charge in [-0.25, -0.2) is 18.5 Å². The number of halogens is 1. The van der Waals surface area contributed by atoms with E-state index in [1.807, 2.05) is 0 Å². The molecule has 0 atom stereocenters. The zero-order valence-electron chi connectivity index (χ0n) is 6.07. The summed E-state index contributed by atoms with van der Waals surface area (Å²) in [7, 11) is -3.44. The maximum absolute atomic E-state index is 10.7. The Labute approximate surface area is 79.0 Å². The fourth-order valence-corrected chi connectivity index (χ4v) is 1.82. The zero-order chi connectivity index (χ0) is 9.19. The second-order valence-electron chi connectivity index (χ2n) is 2.29. The van der Waals surface area contributed by atoms with E-state index in [0.29, 0.717) is 10.2 Å². The minimum atomic E-state index is -3.44. The normalized spacial score (nSPS) is 11.5. The summed E-state index contributed by atoms with van der Waals surface area (Å²) in [4.78, 5) is 3.85. The van der Waals surface area contributed by atoms with Crippen molar-refractivity contribution >= 4 is 26.0 Å². The van der Waals surface area contributed by atoms with Crippen molar-refractivity contribution in [2.45, 2.75) is 5.75 Å². The average Bonchev–Trinajstić information content (AvgIpc) is 1.82. The Balaban J connectivity index is 2.91. The standard InChI is InChI=1S/C6H7BrN2O2S/c7-6-3-5(1-2-9-6)4-12(8,10)11/h1-3H,4H2,(H2,8,10,11). The van der Waals surface area contributed by atoms with Gasteiger partial charge < -0.3 is 0 Å². The predicted octanol–water partition coefficient (Wildman–Crippen LogP) is 0.633. The summed E-state index contributed by atoms with van der Waals surface area (Å²) in [6, 6.07) is 3.22. The number of nitrogens with two attached hydrogens (primary N) is 1. The van der Waals surface area contributed by atoms with Crippen molar-refractivity contribution < 1.29 is 8.42 Å². The lowest BCUT2D eigenvalue weighted by molar-refractivity contribution is 0.597. The van der Waals surface area contributed by atoms with Gasteiger partial charge >= 0.3 is 0 Å². The lowest BCUT2D eigenvalue weighted by Crippen LogP contribution is -2.14. The summed E-state index contributed by atoms with van der Waals surface area (Å²) >= 11 is 3.12. The van der Waals surface area contributed by atoms with Crippen LogP contribution in [0.15, 0.2) is 22.9 Å². The molecule has 1 heterocycles. The molecule has 0 saturated carbocycles. The Bertz CT molecular complexity index is 377. The van der Waals surface area contributed by atoms with Gasteiger partial charge in [0.2, 0.25) is 10.0 Å². The molecule has 66 valence electrons. The molecule has 1 aromatic rings. The van der Waals surface area contributed by atoms with Gasteiger partial charge in [0, 0.05) is 6.20 Å². The number of sulfonamides is 1. The molecule has 1 aromatic heterocycles. The third-order valence-electron chi connectivity index (χ3n) is 1.16. The molecule has 0 saturated heterocycles. The van der Waals surface area contributed by atoms with Gasteiger partial charge in [0.1, 0.15) is 4.60 Å². The van der Waals surface area contributed by atoms with E-state index < -0.39 is 10.0 Å². The molecule has 0 aliphatic heterocycles. The van der Waals surface area contributed by atoms with Gasteiger partial charge in [-0.1, -0.05) is 0 Å². The van der Waals surface area contributed by atoms with E-state index in [4.69, 9.17) is 5.14 Å². The Morgan fingerprint density at radius 3 is 2.75 bits per heavy atom. The van der Waals surface area contributed by atoms with Crippen LogP contribution in [0.2, 0.25) is 0 Å². The smallest absolute Gasteiger partial charge is 0.213 e. The maximum atomic E-state index is 10.7. The summed E-state index contributed by atoms with van der Waals surface area (Å²) in [6.45, 7) is 0. The van der Waals surface area contributed by atoms with Crippen molar-refractivity contribution in [3.8, 4) is 0 Å². The van der Waals surface area contributed by atoms with E-state index in [1.54, 1.807) is 12.1 Å². The van der Waals surface area contributed by atoms with Crippen LogP contribution in [-0.4, -0.2) is 13.4 Å². The Hall–Kier alpha value is -0.460. The molecule has 0 aromatic carbocycles. The minimum absolute atomic E-state index is 0.159. The molecule has 0 aliphatic rings. The van der Waals surface area contributed by atoms with Gasteiger partial charge in [0.05, 0.1) is 5.75 Å². The van der Waals surface area contributed by atoms with Crippen LogP contribution >= 0.6 is 15.9 Å². The first-order valence-corrected chi connectivity index (χ1v) is 5.59. The molecule has 12 heavy (non-hydrogen) atoms. The van der Waals surface area contributed by atoms with E-state index in [2.05, 4.69) is 20.9 Å². The van der Waals surface area contributed by atoms with Gasteiger partial charge in [-0.2, -0.15) is 0 Å². The molecule has 4 nitrogen and oxygen atoms in total. The first-order valence-electron chi connectivity index (χ1n) is 3.08. The molecule has 0 amide bonds. The summed E-state index contributed by atoms with van der Waals surface area (Å²) in [5, 5.41) is 4.85. The van der Waals surface area contributed by atoms with Gasteiger partial charge in [-0.15, -0.1) is 0 Å². The van der Waals surface area contributed by atoms with Crippen molar-refractivity contribution in [2.75, 3.05) is 0 Å². The third-order valence-corrected chi connectivity index (χ3v) is 2.33. The van der Waals surface area contributed by atoms with E-state index in [-0.39, 0.29) is 5.75 Å². The van der Waals surface area contributed by atoms with Gasteiger partial charge in [-0.05, 0) is 33.6 Å². The van der Waals surface area contributed by atoms with E-state index in [1.165, 1.54) is 6.20 Å². The monoisotopic (exact) mass is 250 g/mol. The number of pyridine rings is 1. The van der Waals surface area contributed by atoms with Crippen LogP contribution < -0.4 is 5.14 Å². The number of aromatic nitrogens is 1. The van der Waals surface area contributed by atoms with Crippen molar-refractivity contribution in [1.82, 2.24) is 4.98 Å². The molecule has 1 rings (SSSR count). The Morgan fingerprint density at radius 1 is 1.58 bits per heavy atom. The molecular formula is C6H7BrN2O2S. The fourth-order valence-electron chi connectivity index (χ4n) is 0.765. The lowest BCUT2D eigenvalue weighted by Gasteiger charge is -1.98. The highest BCUT2D eigenvalue weighted by Gasteiger charge is 2.04. The topological polar surface area (TPSA) is 73.1 Å². The summed E-state index contributed by atoms with van der Waals surface area (Å²) < 4.78 is 21.9. The summed E-state index contributed by atoms with van der Waals surface area (Å²) in [5.74, 6) is -0.159. The van der Waals surface area contributed by atoms with Crippen LogP contribution in [0.5, 0.6) is 0 Å². The molecule has 0 aliphatic carbocycles. The number of primary sulfonamides is 1. The predicted molar refractivity (Wildman–Crippen MR) is 48.7 cm³/mol. The largest absolute Gasteiger partial charge is 0.249 e. The van der Waals surface area contributed by atoms with Crippen molar-refractivity contribution in [3.05, 3.63) is 28.5 Å². The molecule has 0 unspecified atom stereocenters. The van der Waals surface area contributed by atoms with Gasteiger partial charge in [-0.3, -0.25) is 0 Å². The molecule has 2 N–H and O–H groups in total. The fraction of sp³-hybridized carbons (Fsp3) is 0.167. The van der Waals surface area contributed by atoms with Crippen molar-refractivity contribution in [3.63, 3.8) is 0 Å². The number of nitrogens with zero attached hydrogens (tertiary/aromatic N) is 1. The number of rotatable bonds is 2. The van der Waals surface area contributed by atoms with Gasteiger partial charge in [0.25, 0.3) is 0 Å². The SMILES string of the molecule is NS(=O)(=O)Cc1ccnc(Br)c1. The van der Waals surface area contributed by atoms with Crippen LogP contribution in [-0.2, 0) is 15.8 Å². The van der Waals surface area contributed by atoms with Crippen molar-refractivity contribution in [2.24, 2.45) is 5.14 Å². The van der Waals surface area contributed by atoms with Crippen molar-refractivity contribution in [1.29, 1.82) is 0 Å². The van der Waals surface area contributed by atoms with Crippen LogP contribution in [0.3, 0.4) is 0 Å². The van der Waals surface area contributed by atoms with Crippen LogP contribution in [0, 0.1) is 0 Å².